The molecule has 0 bridgehead atoms. The number of hydrogen-bond acceptors (Lipinski definition) is 4. The summed E-state index contributed by atoms with van der Waals surface area (Å²) in [6.45, 7) is 0.808. The van der Waals surface area contributed by atoms with Crippen LogP contribution in [-0.2, 0) is 11.4 Å². The van der Waals surface area contributed by atoms with Crippen molar-refractivity contribution >= 4 is 46.4 Å². The van der Waals surface area contributed by atoms with Crippen LogP contribution in [0.4, 0.5) is 0 Å². The van der Waals surface area contributed by atoms with Crippen molar-refractivity contribution in [1.29, 1.82) is 0 Å². The summed E-state index contributed by atoms with van der Waals surface area (Å²) in [4.78, 5) is 27.4. The maximum atomic E-state index is 12.9. The lowest BCUT2D eigenvalue weighted by Gasteiger charge is -2.20. The third-order valence-electron chi connectivity index (χ3n) is 5.07. The Hall–Kier alpha value is -1.76. The molecule has 0 unspecified atom stereocenters. The number of aliphatic carboxylic acids is 1. The van der Waals surface area contributed by atoms with Gasteiger partial charge in [-0.15, -0.1) is 11.3 Å². The Balaban J connectivity index is 1.54. The van der Waals surface area contributed by atoms with Crippen LogP contribution >= 0.6 is 34.5 Å². The van der Waals surface area contributed by atoms with Gasteiger partial charge in [0.05, 0.1) is 4.88 Å². The topological polar surface area (TPSA) is 66.8 Å². The Morgan fingerprint density at radius 3 is 2.50 bits per heavy atom. The van der Waals surface area contributed by atoms with Crippen molar-refractivity contribution in [3.63, 3.8) is 0 Å². The molecule has 1 aliphatic heterocycles. The van der Waals surface area contributed by atoms with Gasteiger partial charge < -0.3 is 14.7 Å². The summed E-state index contributed by atoms with van der Waals surface area (Å²) in [5, 5.41) is 10.4. The van der Waals surface area contributed by atoms with Crippen LogP contribution in [-0.4, -0.2) is 34.5 Å². The number of hydrogen-bond donors (Lipinski definition) is 1. The van der Waals surface area contributed by atoms with Crippen molar-refractivity contribution in [3.05, 3.63) is 49.6 Å². The molecule has 1 aromatic carbocycles. The van der Waals surface area contributed by atoms with E-state index in [1.54, 1.807) is 18.2 Å². The number of ether oxygens (including phenoxy) is 1. The number of thiophene rings is 1. The van der Waals surface area contributed by atoms with Crippen molar-refractivity contribution in [3.8, 4) is 5.75 Å². The first-order valence-corrected chi connectivity index (χ1v) is 10.7. The van der Waals surface area contributed by atoms with Crippen LogP contribution in [0.25, 0.3) is 0 Å². The molecule has 2 fully saturated rings. The lowest BCUT2D eigenvalue weighted by molar-refractivity contribution is -0.141. The van der Waals surface area contributed by atoms with Crippen molar-refractivity contribution < 1.29 is 19.4 Å². The number of likely N-dealkylation sites (tertiary alicyclic amines) is 1. The van der Waals surface area contributed by atoms with E-state index in [0.29, 0.717) is 46.2 Å². The molecule has 1 saturated heterocycles. The molecular weight excluding hydrogens is 421 g/mol. The van der Waals surface area contributed by atoms with Crippen LogP contribution in [0, 0.1) is 0 Å². The first-order chi connectivity index (χ1) is 13.4. The van der Waals surface area contributed by atoms with Crippen LogP contribution in [0.3, 0.4) is 0 Å². The predicted octanol–water partition coefficient (Wildman–Crippen LogP) is 5.20. The average molecular weight is 440 g/mol. The number of carboxylic acids is 1. The van der Waals surface area contributed by atoms with Gasteiger partial charge in [0.25, 0.3) is 5.91 Å². The molecule has 1 saturated carbocycles. The van der Waals surface area contributed by atoms with Gasteiger partial charge in [-0.2, -0.15) is 0 Å². The Labute approximate surface area is 176 Å². The minimum atomic E-state index is -0.939. The van der Waals surface area contributed by atoms with Crippen LogP contribution in [0.1, 0.15) is 51.7 Å². The summed E-state index contributed by atoms with van der Waals surface area (Å²) in [7, 11) is 0. The predicted molar refractivity (Wildman–Crippen MR) is 109 cm³/mol. The van der Waals surface area contributed by atoms with E-state index in [4.69, 9.17) is 27.9 Å². The molecule has 1 aliphatic carbocycles. The fourth-order valence-corrected chi connectivity index (χ4v) is 5.19. The first kappa shape index (κ1) is 19.6. The molecule has 1 aromatic heterocycles. The Morgan fingerprint density at radius 2 is 1.86 bits per heavy atom. The molecule has 8 heteroatoms. The van der Waals surface area contributed by atoms with E-state index in [-0.39, 0.29) is 5.91 Å². The monoisotopic (exact) mass is 439 g/mol. The number of carbonyl (C=O) groups excluding carboxylic acids is 1. The van der Waals surface area contributed by atoms with E-state index in [1.165, 1.54) is 16.2 Å². The second-order valence-corrected chi connectivity index (χ2v) is 9.16. The van der Waals surface area contributed by atoms with Crippen LogP contribution in [0.15, 0.2) is 24.3 Å². The first-order valence-electron chi connectivity index (χ1n) is 9.17. The number of nitrogens with zero attached hydrogens (tertiary/aromatic N) is 1. The summed E-state index contributed by atoms with van der Waals surface area (Å²) in [6, 6.07) is 6.23. The summed E-state index contributed by atoms with van der Waals surface area (Å²) >= 11 is 13.4. The highest BCUT2D eigenvalue weighted by Gasteiger charge is 2.36. The van der Waals surface area contributed by atoms with Crippen LogP contribution in [0.2, 0.25) is 10.0 Å². The van der Waals surface area contributed by atoms with Gasteiger partial charge >= 0.3 is 5.97 Å². The minimum Gasteiger partial charge on any atom is -0.488 e. The van der Waals surface area contributed by atoms with Gasteiger partial charge in [0, 0.05) is 21.5 Å². The summed E-state index contributed by atoms with van der Waals surface area (Å²) in [5.74, 6) is -0.112. The molecule has 2 aliphatic rings. The van der Waals surface area contributed by atoms with Crippen molar-refractivity contribution in [2.24, 2.45) is 0 Å². The molecule has 28 heavy (non-hydrogen) atoms. The molecule has 1 amide bonds. The van der Waals surface area contributed by atoms with E-state index < -0.39 is 12.0 Å². The minimum absolute atomic E-state index is 0.200. The van der Waals surface area contributed by atoms with Crippen LogP contribution in [0.5, 0.6) is 5.75 Å². The number of benzene rings is 1. The van der Waals surface area contributed by atoms with Gasteiger partial charge in [0.2, 0.25) is 0 Å². The smallest absolute Gasteiger partial charge is 0.326 e. The fourth-order valence-electron chi connectivity index (χ4n) is 3.57. The van der Waals surface area contributed by atoms with E-state index in [1.807, 2.05) is 6.07 Å². The van der Waals surface area contributed by atoms with Gasteiger partial charge in [0.15, 0.2) is 0 Å². The van der Waals surface area contributed by atoms with Gasteiger partial charge in [-0.05, 0) is 61.4 Å². The van der Waals surface area contributed by atoms with Gasteiger partial charge in [0.1, 0.15) is 18.4 Å². The lowest BCUT2D eigenvalue weighted by Crippen LogP contribution is -2.40. The Bertz CT molecular complexity index is 905. The van der Waals surface area contributed by atoms with E-state index >= 15 is 0 Å². The molecule has 5 nitrogen and oxygen atoms in total. The molecule has 148 valence electrons. The maximum Gasteiger partial charge on any atom is 0.326 e. The highest BCUT2D eigenvalue weighted by molar-refractivity contribution is 7.14. The average Bonchev–Trinajstić information content (AvgIpc) is 3.19. The van der Waals surface area contributed by atoms with Crippen molar-refractivity contribution in [2.45, 2.75) is 44.2 Å². The molecule has 0 spiro atoms. The van der Waals surface area contributed by atoms with Crippen molar-refractivity contribution in [2.75, 3.05) is 6.54 Å². The molecule has 4 rings (SSSR count). The number of rotatable bonds is 6. The zero-order valence-corrected chi connectivity index (χ0v) is 17.3. The Kier molecular flexibility index (Phi) is 5.54. The van der Waals surface area contributed by atoms with Gasteiger partial charge in [-0.25, -0.2) is 4.79 Å². The zero-order valence-electron chi connectivity index (χ0n) is 15.0. The normalized spacial score (nSPS) is 19.1. The molecular formula is C20H19Cl2NO4S. The third-order valence-corrected chi connectivity index (χ3v) is 6.62. The SMILES string of the molecule is O=C(O)[C@@H]1CCCN1C(=O)c1cc(C2CC2)c(COc2cc(Cl)cc(Cl)c2)s1. The number of amides is 1. The lowest BCUT2D eigenvalue weighted by atomic mass is 10.1. The second-order valence-electron chi connectivity index (χ2n) is 7.15. The zero-order chi connectivity index (χ0) is 19.8. The summed E-state index contributed by atoms with van der Waals surface area (Å²) in [6.07, 6.45) is 3.42. The number of halogens is 2. The van der Waals surface area contributed by atoms with E-state index in [2.05, 4.69) is 0 Å². The summed E-state index contributed by atoms with van der Waals surface area (Å²) in [5.41, 5.74) is 1.13. The largest absolute Gasteiger partial charge is 0.488 e. The Morgan fingerprint density at radius 1 is 1.14 bits per heavy atom. The van der Waals surface area contributed by atoms with Gasteiger partial charge in [-0.1, -0.05) is 23.2 Å². The molecule has 2 heterocycles. The standard InChI is InChI=1S/C20H19Cl2NO4S/c21-12-6-13(22)8-14(7-12)27-10-18-15(11-3-4-11)9-17(28-18)19(24)23-5-1-2-16(23)20(25)26/h6-9,11,16H,1-5,10H2,(H,25,26)/t16-/m0/s1. The molecule has 2 aromatic rings. The molecule has 1 atom stereocenters. The number of carboxylic acid groups (broad SMARTS) is 1. The quantitative estimate of drug-likeness (QED) is 0.671. The van der Waals surface area contributed by atoms with Crippen LogP contribution < -0.4 is 4.74 Å². The highest BCUT2D eigenvalue weighted by Crippen LogP contribution is 2.45. The van der Waals surface area contributed by atoms with Gasteiger partial charge in [-0.3, -0.25) is 4.79 Å². The van der Waals surface area contributed by atoms with E-state index in [0.717, 1.165) is 29.7 Å². The van der Waals surface area contributed by atoms with E-state index in [9.17, 15) is 14.7 Å². The second kappa shape index (κ2) is 7.93. The highest BCUT2D eigenvalue weighted by atomic mass is 35.5. The molecule has 0 radical (unpaired) electrons. The van der Waals surface area contributed by atoms with Crippen molar-refractivity contribution in [1.82, 2.24) is 4.90 Å². The third kappa shape index (κ3) is 4.14. The maximum absolute atomic E-state index is 12.9. The number of carbonyl (C=O) groups is 2. The fraction of sp³-hybridized carbons (Fsp3) is 0.400. The summed E-state index contributed by atoms with van der Waals surface area (Å²) < 4.78 is 5.87. The molecule has 1 N–H and O–H groups in total.